The third-order valence-electron chi connectivity index (χ3n) is 11.4. The molecular weight excluding hydrogens is 893 g/mol. The smallest absolute Gasteiger partial charge is 0.303 e. The average molecular weight is 942 g/mol. The zero-order chi connectivity index (χ0) is 48.0. The van der Waals surface area contributed by atoms with Gasteiger partial charge >= 0.3 is 5.97 Å². The normalized spacial score (nSPS) is 15.9. The highest BCUT2D eigenvalue weighted by Crippen LogP contribution is 2.51. The second kappa shape index (κ2) is 20.2. The number of fused-ring (bicyclic) bond motifs is 2. The van der Waals surface area contributed by atoms with E-state index in [2.05, 4.69) is 0 Å². The van der Waals surface area contributed by atoms with Gasteiger partial charge < -0.3 is 14.4 Å². The van der Waals surface area contributed by atoms with Crippen molar-refractivity contribution in [3.05, 3.63) is 175 Å². The van der Waals surface area contributed by atoms with E-state index in [0.717, 1.165) is 27.6 Å². The lowest BCUT2D eigenvalue weighted by molar-refractivity contribution is -0.385. The molecule has 3 aromatic rings. The number of allylic oxidation sites excluding steroid dienone is 5. The molecule has 0 radical (unpaired) electrons. The molecule has 2 heterocycles. The molecule has 346 valence electrons. The van der Waals surface area contributed by atoms with Gasteiger partial charge in [0.1, 0.15) is 11.5 Å². The Balaban J connectivity index is 1.39. The summed E-state index contributed by atoms with van der Waals surface area (Å²) in [6, 6.07) is 24.3. The molecule has 2 aliphatic heterocycles. The molecule has 1 aliphatic carbocycles. The predicted octanol–water partition coefficient (Wildman–Crippen LogP) is 8.51. The molecule has 0 saturated carbocycles. The first-order valence-electron chi connectivity index (χ1n) is 20.9. The fraction of sp³-hybridized carbons (Fsp3) is 0.277. The van der Waals surface area contributed by atoms with Gasteiger partial charge in [-0.2, -0.15) is 16.8 Å². The van der Waals surface area contributed by atoms with Crippen molar-refractivity contribution in [1.82, 2.24) is 4.58 Å². The Bertz CT molecular complexity index is 2950. The summed E-state index contributed by atoms with van der Waals surface area (Å²) >= 11 is 0. The third-order valence-corrected chi connectivity index (χ3v) is 13.0. The number of nitrogens with zero attached hydrogens (tertiary/aromatic N) is 4. The number of nitro benzene ring substituents is 2. The highest BCUT2D eigenvalue weighted by atomic mass is 32.2. The quantitative estimate of drug-likeness (QED) is 0.0231. The summed E-state index contributed by atoms with van der Waals surface area (Å²) in [4.78, 5) is 34.7. The molecule has 3 aromatic carbocycles. The summed E-state index contributed by atoms with van der Waals surface area (Å²) in [6.07, 6.45) is 9.41. The maximum atomic E-state index is 12.2. The van der Waals surface area contributed by atoms with E-state index in [1.807, 2.05) is 66.7 Å². The molecule has 0 bridgehead atoms. The molecular formula is C47H49N4O13S2+. The Kier molecular flexibility index (Phi) is 14.9. The molecule has 0 amide bonds. The summed E-state index contributed by atoms with van der Waals surface area (Å²) in [5, 5.41) is 32.9. The summed E-state index contributed by atoms with van der Waals surface area (Å²) in [5.41, 5.74) is 3.84. The molecule has 0 saturated heterocycles. The van der Waals surface area contributed by atoms with Crippen LogP contribution < -0.4 is 14.8 Å². The topological polar surface area (TPSA) is 252 Å². The third kappa shape index (κ3) is 11.9. The number of anilines is 1. The summed E-state index contributed by atoms with van der Waals surface area (Å²) in [5.74, 6) is -0.263. The maximum absolute atomic E-state index is 12.2. The van der Waals surface area contributed by atoms with Crippen molar-refractivity contribution in [2.24, 2.45) is 0 Å². The molecule has 3 N–H and O–H groups in total. The maximum Gasteiger partial charge on any atom is 0.303 e. The number of benzene rings is 4. The zero-order valence-corrected chi connectivity index (χ0v) is 37.9. The van der Waals surface area contributed by atoms with E-state index in [1.54, 1.807) is 42.5 Å². The van der Waals surface area contributed by atoms with Crippen molar-refractivity contribution in [1.29, 1.82) is 0 Å². The van der Waals surface area contributed by atoms with Gasteiger partial charge in [0.15, 0.2) is 13.1 Å². The molecule has 17 nitrogen and oxygen atoms in total. The Hall–Kier alpha value is -6.80. The van der Waals surface area contributed by atoms with Crippen LogP contribution >= 0.6 is 0 Å². The van der Waals surface area contributed by atoms with Crippen LogP contribution in [0.3, 0.4) is 0 Å². The van der Waals surface area contributed by atoms with E-state index in [-0.39, 0.29) is 54.4 Å². The van der Waals surface area contributed by atoms with E-state index in [1.165, 1.54) is 42.5 Å². The highest BCUT2D eigenvalue weighted by Gasteiger charge is 2.43. The van der Waals surface area contributed by atoms with Crippen LogP contribution in [0.4, 0.5) is 17.1 Å². The van der Waals surface area contributed by atoms with Gasteiger partial charge in [-0.1, -0.05) is 38.2 Å². The van der Waals surface area contributed by atoms with Crippen molar-refractivity contribution in [2.75, 3.05) is 17.2 Å². The van der Waals surface area contributed by atoms with E-state index in [4.69, 9.17) is 4.42 Å². The second-order valence-electron chi connectivity index (χ2n) is 16.5. The van der Waals surface area contributed by atoms with E-state index in [9.17, 15) is 56.1 Å². The molecule has 0 fully saturated rings. The number of carboxylic acid groups (broad SMARTS) is 1. The molecule has 66 heavy (non-hydrogen) atoms. The molecule has 19 heteroatoms. The largest absolute Gasteiger partial charge is 0.481 e. The van der Waals surface area contributed by atoms with Gasteiger partial charge in [0.2, 0.25) is 5.36 Å². The SMILES string of the molecule is CC(C)c1cc(/C=C/C=C/C=C2/N(CCCS(=O)(=O)O)c3ccc(S(=O)(=O)O)cc3C2(C)CCCC(=O)O)c2ccc(=[N+](Cc3ccc([N+](=O)[O-])cc3)Cc3ccc([N+](=O)[O-])cc3)cc-2o1. The first-order valence-corrected chi connectivity index (χ1v) is 23.9. The Morgan fingerprint density at radius 3 is 1.98 bits per heavy atom. The van der Waals surface area contributed by atoms with Gasteiger partial charge in [0.25, 0.3) is 31.6 Å². The van der Waals surface area contributed by atoms with Crippen LogP contribution in [0.15, 0.2) is 130 Å². The van der Waals surface area contributed by atoms with Crippen molar-refractivity contribution < 1.29 is 50.1 Å². The van der Waals surface area contributed by atoms with Crippen molar-refractivity contribution in [3.8, 4) is 11.3 Å². The number of rotatable bonds is 19. The van der Waals surface area contributed by atoms with Crippen LogP contribution in [0, 0.1) is 20.2 Å². The number of hydrogen-bond acceptors (Lipinski definition) is 11. The lowest BCUT2D eigenvalue weighted by Gasteiger charge is -2.30. The number of aliphatic carboxylic acids is 1. The van der Waals surface area contributed by atoms with E-state index >= 15 is 0 Å². The molecule has 3 aliphatic rings. The lowest BCUT2D eigenvalue weighted by Crippen LogP contribution is -2.30. The fourth-order valence-corrected chi connectivity index (χ4v) is 9.03. The van der Waals surface area contributed by atoms with Crippen LogP contribution in [-0.2, 0) is 43.5 Å². The Morgan fingerprint density at radius 1 is 0.818 bits per heavy atom. The fourth-order valence-electron chi connectivity index (χ4n) is 8.03. The Morgan fingerprint density at radius 2 is 1.44 bits per heavy atom. The summed E-state index contributed by atoms with van der Waals surface area (Å²) < 4.78 is 75.6. The molecule has 0 aromatic heterocycles. The van der Waals surface area contributed by atoms with Crippen LogP contribution in [0.5, 0.6) is 0 Å². The van der Waals surface area contributed by atoms with Crippen molar-refractivity contribution >= 4 is 49.3 Å². The molecule has 1 unspecified atom stereocenters. The summed E-state index contributed by atoms with van der Waals surface area (Å²) in [6.45, 7) is 6.64. The van der Waals surface area contributed by atoms with Crippen LogP contribution in [0.1, 0.15) is 80.4 Å². The number of non-ortho nitro benzene ring substituents is 2. The average Bonchev–Trinajstić information content (AvgIpc) is 3.47. The van der Waals surface area contributed by atoms with E-state index < -0.39 is 47.2 Å². The van der Waals surface area contributed by atoms with Crippen LogP contribution in [0.2, 0.25) is 0 Å². The molecule has 6 rings (SSSR count). The van der Waals surface area contributed by atoms with Gasteiger partial charge in [0, 0.05) is 82.7 Å². The molecule has 0 spiro atoms. The number of carbonyl (C=O) groups is 1. The number of carboxylic acids is 1. The van der Waals surface area contributed by atoms with Crippen LogP contribution in [-0.4, -0.2) is 59.2 Å². The van der Waals surface area contributed by atoms with Gasteiger partial charge in [-0.05, 0) is 98.0 Å². The van der Waals surface area contributed by atoms with Crippen molar-refractivity contribution in [3.63, 3.8) is 0 Å². The lowest BCUT2D eigenvalue weighted by atomic mass is 9.77. The minimum absolute atomic E-state index is 0.00209. The first-order chi connectivity index (χ1) is 31.1. The van der Waals surface area contributed by atoms with Gasteiger partial charge in [0.05, 0.1) is 26.6 Å². The van der Waals surface area contributed by atoms with E-state index in [0.29, 0.717) is 41.6 Å². The minimum atomic E-state index is -4.61. The first kappa shape index (κ1) is 48.7. The van der Waals surface area contributed by atoms with Crippen molar-refractivity contribution in [2.45, 2.75) is 75.8 Å². The predicted molar refractivity (Wildman–Crippen MR) is 248 cm³/mol. The van der Waals surface area contributed by atoms with Gasteiger partial charge in [-0.3, -0.25) is 34.1 Å². The molecule has 1 atom stereocenters. The number of hydrogen-bond donors (Lipinski definition) is 3. The summed E-state index contributed by atoms with van der Waals surface area (Å²) in [7, 11) is -8.91. The highest BCUT2D eigenvalue weighted by molar-refractivity contribution is 7.86. The van der Waals surface area contributed by atoms with Crippen LogP contribution in [0.25, 0.3) is 17.4 Å². The van der Waals surface area contributed by atoms with Gasteiger partial charge in [-0.15, -0.1) is 0 Å². The zero-order valence-electron chi connectivity index (χ0n) is 36.3. The van der Waals surface area contributed by atoms with Gasteiger partial charge in [-0.25, -0.2) is 4.58 Å². The minimum Gasteiger partial charge on any atom is -0.481 e. The Labute approximate surface area is 381 Å². The second-order valence-corrected chi connectivity index (χ2v) is 19.5. The standard InChI is InChI=1S/C47H48N4O13S2/c1-32(2)43-27-35(40-22-20-38(28-44(40)64-43)48(30-33-12-16-36(17-13-33)50(54)55)31-34-14-18-37(19-15-34)51(56)57)9-5-4-6-10-45-47(3,24-7-11-46(52)53)41-29-39(66(61,62)63)21-23-42(41)49(45)25-8-26-65(58,59)60/h4-6,9-10,12-23,27-29,32H,7-8,11,24-26,30-31H2,1-3H3,(H2-,52,53,58,59,60,61,62,63)/p+1. The monoisotopic (exact) mass is 941 g/mol. The number of nitro groups is 2.